The second-order valence-corrected chi connectivity index (χ2v) is 28.1. The maximum atomic E-state index is 13.5. The van der Waals surface area contributed by atoms with Crippen molar-refractivity contribution in [1.29, 1.82) is 0 Å². The van der Waals surface area contributed by atoms with Gasteiger partial charge in [0.2, 0.25) is 11.6 Å². The number of ether oxygens (including phenoxy) is 1. The number of carbonyl (C=O) groups is 2. The molecule has 1 atom stereocenters. The minimum atomic E-state index is -4.47. The van der Waals surface area contributed by atoms with Gasteiger partial charge >= 0.3 is 5.97 Å². The number of carbonyl (C=O) groups excluding carboxylic acids is 1. The Balaban J connectivity index is 0.00000392. The van der Waals surface area contributed by atoms with Crippen molar-refractivity contribution in [2.24, 2.45) is 0 Å². The van der Waals surface area contributed by atoms with Crippen LogP contribution in [0.2, 0.25) is 0 Å². The minimum Gasteiger partial charge on any atom is -0.748 e. The smallest absolute Gasteiger partial charge is 0.326 e. The molecule has 0 unspecified atom stereocenters. The molecule has 2 aromatic heterocycles. The molecule has 2 aliphatic heterocycles. The summed E-state index contributed by atoms with van der Waals surface area (Å²) in [4.78, 5) is 55.6. The summed E-state index contributed by atoms with van der Waals surface area (Å²) in [5.74, 6) is -2.46. The Labute approximate surface area is 580 Å². The van der Waals surface area contributed by atoms with Crippen LogP contribution < -0.4 is 31.6 Å². The number of nitrogens with two attached hydrogens (primary N) is 1. The van der Waals surface area contributed by atoms with Crippen LogP contribution in [-0.2, 0) is 118 Å². The summed E-state index contributed by atoms with van der Waals surface area (Å²) >= 11 is 0. The molecule has 0 fully saturated rings. The number of benzene rings is 4. The molecule has 493 valence electrons. The number of amides is 1. The van der Waals surface area contributed by atoms with Crippen molar-refractivity contribution in [2.75, 3.05) is 40.5 Å². The predicted molar refractivity (Wildman–Crippen MR) is 351 cm³/mol. The number of rotatable bonds is 25. The Kier molecular flexibility index (Phi) is 24.8. The van der Waals surface area contributed by atoms with Gasteiger partial charge in [-0.25, -0.2) is 23.2 Å². The van der Waals surface area contributed by atoms with Gasteiger partial charge in [-0.05, 0) is 148 Å². The monoisotopic (exact) mass is 1580 g/mol. The molecule has 28 heteroatoms. The van der Waals surface area contributed by atoms with Crippen LogP contribution in [0, 0.1) is 6.92 Å². The summed E-state index contributed by atoms with van der Waals surface area (Å²) < 4.78 is 111. The average Bonchev–Trinajstić information content (AvgIpc) is 1.60. The summed E-state index contributed by atoms with van der Waals surface area (Å²) in [7, 11) is -13.0. The van der Waals surface area contributed by atoms with E-state index in [4.69, 9.17) is 10.5 Å². The van der Waals surface area contributed by atoms with Crippen molar-refractivity contribution in [1.82, 2.24) is 25.3 Å². The minimum absolute atomic E-state index is 0. The number of nitrogens with zero attached hydrogens (tertiary/aromatic N) is 5. The van der Waals surface area contributed by atoms with Crippen LogP contribution in [0.4, 0.5) is 23.0 Å². The molecule has 4 heterocycles. The number of nitrogen functional groups attached to an aromatic ring is 1. The number of carboxylic acids is 1. The van der Waals surface area contributed by atoms with Gasteiger partial charge in [0.25, 0.3) is 31.7 Å². The van der Waals surface area contributed by atoms with Crippen LogP contribution in [0.15, 0.2) is 143 Å². The Morgan fingerprint density at radius 3 is 2.23 bits per heavy atom. The second kappa shape index (κ2) is 30.6. The molecule has 0 saturated carbocycles. The number of anilines is 3. The molecule has 0 bridgehead atoms. The SMILES string of the molecule is C.Cc1ccc2c(c1)C(C)(C)/C(=C\C=C1/CCCC(/C=C/C3=[N+](CCCCS(=O)(=O)[O-])c4ccc(CS(=O)(=O)O)cc4C3(C)C)=C1O[13c]1[13cH][13cH][13c]([13CH2][13C@H](NC(=O)c3ccc(NCc4cnc5nc(N)[nH]c(=O)c5n4)cc3)[13C](=O)O)[13cH][13cH]1)N2CCCCS(=O)(=O)O.[HH].[HH].[HH].[W].[Y]. The fraction of sp³-hybridized carbons (Fsp3) is 0.359. The van der Waals surface area contributed by atoms with Crippen LogP contribution >= 0.6 is 0 Å². The van der Waals surface area contributed by atoms with Crippen LogP contribution in [0.5, 0.6) is 5.75 Å². The quantitative estimate of drug-likeness (QED) is 0.0121. The zero-order valence-corrected chi connectivity index (χ0v) is 59.0. The molecule has 4 aromatic carbocycles. The number of allylic oxidation sites excluding steroid dienone is 7. The summed E-state index contributed by atoms with van der Waals surface area (Å²) in [5.41, 5.74) is 14.3. The van der Waals surface area contributed by atoms with Gasteiger partial charge in [-0.1, -0.05) is 63.2 Å². The average molecular weight is 1580 g/mol. The topological polar surface area (TPSA) is 357 Å². The number of H-pyrrole nitrogens is 1. The van der Waals surface area contributed by atoms with Crippen LogP contribution in [-0.4, -0.2) is 117 Å². The Morgan fingerprint density at radius 1 is 0.859 bits per heavy atom. The molecule has 0 spiro atoms. The van der Waals surface area contributed by atoms with Crippen molar-refractivity contribution < 1.29 is 121 Å². The first-order valence-corrected chi connectivity index (χ1v) is 33.7. The molecule has 3 aliphatic rings. The summed E-state index contributed by atoms with van der Waals surface area (Å²) in [6.45, 7) is 11.3. The van der Waals surface area contributed by atoms with Crippen molar-refractivity contribution in [3.8, 4) is 5.75 Å². The Hall–Kier alpha value is -6.61. The number of fused-ring (bicyclic) bond motifs is 3. The predicted octanol–water partition coefficient (Wildman–Crippen LogP) is 9.45. The van der Waals surface area contributed by atoms with Gasteiger partial charge in [0.15, 0.2) is 16.9 Å². The molecule has 8 N–H and O–H groups in total. The number of aryl methyl sites for hydroxylation is 1. The summed E-state index contributed by atoms with van der Waals surface area (Å²) in [6, 6.07) is 23.3. The number of unbranched alkanes of at least 4 members (excludes halogenated alkanes) is 2. The van der Waals surface area contributed by atoms with Crippen molar-refractivity contribution in [3.05, 3.63) is 187 Å². The van der Waals surface area contributed by atoms with Crippen LogP contribution in [0.1, 0.15) is 128 Å². The number of hydrogen-bond donors (Lipinski definition) is 7. The van der Waals surface area contributed by atoms with Gasteiger partial charge in [-0.15, -0.1) is 0 Å². The molecule has 92 heavy (non-hydrogen) atoms. The van der Waals surface area contributed by atoms with Crippen molar-refractivity contribution in [2.45, 2.75) is 123 Å². The third-order valence-electron chi connectivity index (χ3n) is 16.1. The maximum Gasteiger partial charge on any atom is 0.326 e. The number of carboxylic acid groups (broad SMARTS) is 1. The first-order valence-electron chi connectivity index (χ1n) is 28.9. The van der Waals surface area contributed by atoms with E-state index in [1.54, 1.807) is 66.7 Å². The van der Waals surface area contributed by atoms with E-state index in [-0.39, 0.29) is 120 Å². The van der Waals surface area contributed by atoms with E-state index in [1.807, 2.05) is 49.6 Å². The molecule has 6 aromatic rings. The van der Waals surface area contributed by atoms with E-state index in [0.29, 0.717) is 72.8 Å². The number of nitrogens with one attached hydrogen (secondary N) is 3. The van der Waals surface area contributed by atoms with Gasteiger partial charge < -0.3 is 35.7 Å². The van der Waals surface area contributed by atoms with E-state index in [2.05, 4.69) is 67.5 Å². The largest absolute Gasteiger partial charge is 0.748 e. The van der Waals surface area contributed by atoms with Crippen molar-refractivity contribution >= 4 is 82.1 Å². The Bertz CT molecular complexity index is 4360. The zero-order chi connectivity index (χ0) is 64.2. The fourth-order valence-electron chi connectivity index (χ4n) is 11.6. The molecule has 1 radical (unpaired) electrons. The second-order valence-electron chi connectivity index (χ2n) is 23.5. The molecule has 0 saturated heterocycles. The third kappa shape index (κ3) is 18.6. The van der Waals surface area contributed by atoms with E-state index in [0.717, 1.165) is 57.0 Å². The maximum absolute atomic E-state index is 13.5. The van der Waals surface area contributed by atoms with E-state index >= 15 is 0 Å². The van der Waals surface area contributed by atoms with Crippen molar-refractivity contribution in [3.63, 3.8) is 0 Å². The van der Waals surface area contributed by atoms with Gasteiger partial charge in [0, 0.05) is 129 Å². The van der Waals surface area contributed by atoms with Gasteiger partial charge in [-0.2, -0.15) is 26.4 Å². The molecular weight excluding hydrogens is 1500 g/mol. The molecule has 1 amide bonds. The van der Waals surface area contributed by atoms with Gasteiger partial charge in [0.05, 0.1) is 39.7 Å². The van der Waals surface area contributed by atoms with Crippen LogP contribution in [0.25, 0.3) is 11.2 Å². The van der Waals surface area contributed by atoms with E-state index in [1.165, 1.54) is 6.20 Å². The fourth-order valence-corrected chi connectivity index (χ4v) is 13.3. The Morgan fingerprint density at radius 2 is 1.55 bits per heavy atom. The standard InChI is InChI=1S/C63H71N9O14S3.CH4.W.Y.3H2/c1-39-13-25-51-48(33-39)62(2,3)53(71(51)29-6-8-31-87(77,78)79)27-19-42-11-10-12-43(20-28-54-63(4,5)49-34-41(38-89(83,84)85)16-26-52(49)72(54)30-7-9-32-88(80,81)82)56(42)86-47-23-14-40(15-24-47)35-50(60(75)76)68-58(73)44-17-21-45(22-18-44)65-36-46-37-66-57-55(67-46)59(74)70-61(64)69-57;;;;;;/h13-28,33-34,37,50H,6-12,29-32,35-36,38H2,1-5H3,(H8-,64,65,66,68,69,70,73,74,75,76,77,78,79,80,81,82,83,84,85);1H4;;;3*1H/t50-;;;;;;/m0....../s1/i14+1,15+1,23+1,24+1,35+1,40+1,47+1,50+1,60+1;;;;;;. The number of aliphatic carboxylic acids is 1. The summed E-state index contributed by atoms with van der Waals surface area (Å²) in [6.07, 6.45) is 12.5. The number of aromatic nitrogens is 4. The zero-order valence-electron chi connectivity index (χ0n) is 50.8. The first-order chi connectivity index (χ1) is 41.9. The van der Waals surface area contributed by atoms with E-state index < -0.39 is 76.2 Å². The molecule has 23 nitrogen and oxygen atoms in total. The third-order valence-corrected chi connectivity index (χ3v) is 18.4. The molecular formula is C64H81N9O14S3WY. The van der Waals surface area contributed by atoms with Crippen LogP contribution in [0.3, 0.4) is 0 Å². The van der Waals surface area contributed by atoms with Gasteiger partial charge in [-0.3, -0.25) is 23.7 Å². The number of hydrogen-bond acceptors (Lipinski definition) is 17. The van der Waals surface area contributed by atoms with Gasteiger partial charge in [0.1, 0.15) is 29.8 Å². The van der Waals surface area contributed by atoms with E-state index in [9.17, 15) is 58.4 Å². The summed E-state index contributed by atoms with van der Waals surface area (Å²) in [5, 5.41) is 16.1. The molecule has 9 rings (SSSR count). The number of aromatic amines is 1. The molecule has 1 aliphatic carbocycles. The first kappa shape index (κ1) is 74.4. The normalized spacial score (nSPS) is 16.4.